The van der Waals surface area contributed by atoms with Gasteiger partial charge < -0.3 is 10.1 Å². The van der Waals surface area contributed by atoms with Crippen molar-refractivity contribution in [3.63, 3.8) is 0 Å². The Balaban J connectivity index is 3.13. The fourth-order valence-electron chi connectivity index (χ4n) is 1.81. The summed E-state index contributed by atoms with van der Waals surface area (Å²) in [6.07, 6.45) is -5.36. The first-order chi connectivity index (χ1) is 10.8. The fourth-order valence-corrected chi connectivity index (χ4v) is 1.81. The summed E-state index contributed by atoms with van der Waals surface area (Å²) in [6.45, 7) is 9.10. The van der Waals surface area contributed by atoms with Gasteiger partial charge in [0, 0.05) is 12.2 Å². The minimum atomic E-state index is -4.51. The number of hydrogen-bond acceptors (Lipinski definition) is 4. The largest absolute Gasteiger partial charge is 0.442 e. The molecule has 0 unspecified atom stereocenters. The van der Waals surface area contributed by atoms with Gasteiger partial charge in [-0.25, -0.2) is 15.6 Å². The Hall–Kier alpha value is -1.96. The van der Waals surface area contributed by atoms with Crippen LogP contribution in [0.5, 0.6) is 0 Å². The van der Waals surface area contributed by atoms with Crippen molar-refractivity contribution in [2.45, 2.75) is 46.4 Å². The van der Waals surface area contributed by atoms with Crippen molar-refractivity contribution in [1.82, 2.24) is 0 Å². The second kappa shape index (κ2) is 7.29. The molecule has 0 saturated heterocycles. The molecule has 24 heavy (non-hydrogen) atoms. The number of hydrazine groups is 1. The summed E-state index contributed by atoms with van der Waals surface area (Å²) in [5.41, 5.74) is -1.61. The standard InChI is InChI=1S/C16H24F3N3O2/c1-10(2)9-21-13-8-11(6-7-12(13)16(17,18)19)22(20)14(23)24-15(3,4)5/h6-8,10,21H,9,20H2,1-5H3. The summed E-state index contributed by atoms with van der Waals surface area (Å²) in [5, 5.41) is 3.43. The van der Waals surface area contributed by atoms with Crippen molar-refractivity contribution >= 4 is 17.5 Å². The summed E-state index contributed by atoms with van der Waals surface area (Å²) in [7, 11) is 0. The molecular weight excluding hydrogens is 323 g/mol. The van der Waals surface area contributed by atoms with E-state index in [0.717, 1.165) is 12.1 Å². The molecule has 0 atom stereocenters. The van der Waals surface area contributed by atoms with Gasteiger partial charge in [-0.1, -0.05) is 13.8 Å². The monoisotopic (exact) mass is 347 g/mol. The topological polar surface area (TPSA) is 67.6 Å². The van der Waals surface area contributed by atoms with E-state index in [1.807, 2.05) is 13.8 Å². The van der Waals surface area contributed by atoms with Crippen LogP contribution in [0.2, 0.25) is 0 Å². The Labute approximate surface area is 139 Å². The van der Waals surface area contributed by atoms with Crippen molar-refractivity contribution < 1.29 is 22.7 Å². The molecule has 1 aromatic carbocycles. The van der Waals surface area contributed by atoms with Gasteiger partial charge in [-0.3, -0.25) is 0 Å². The lowest BCUT2D eigenvalue weighted by atomic mass is 10.1. The van der Waals surface area contributed by atoms with Gasteiger partial charge in [0.05, 0.1) is 11.3 Å². The second-order valence-corrected chi connectivity index (χ2v) is 6.85. The van der Waals surface area contributed by atoms with Gasteiger partial charge in [0.25, 0.3) is 0 Å². The maximum Gasteiger partial charge on any atom is 0.429 e. The first-order valence-corrected chi connectivity index (χ1v) is 7.54. The van der Waals surface area contributed by atoms with Crippen LogP contribution < -0.4 is 16.2 Å². The highest BCUT2D eigenvalue weighted by molar-refractivity contribution is 5.87. The van der Waals surface area contributed by atoms with E-state index in [1.165, 1.54) is 6.07 Å². The van der Waals surface area contributed by atoms with Crippen LogP contribution in [0.25, 0.3) is 0 Å². The number of ether oxygens (including phenoxy) is 1. The molecule has 0 heterocycles. The van der Waals surface area contributed by atoms with Crippen LogP contribution in [0.15, 0.2) is 18.2 Å². The number of rotatable bonds is 4. The van der Waals surface area contributed by atoms with Crippen LogP contribution in [0, 0.1) is 5.92 Å². The number of nitrogens with zero attached hydrogens (tertiary/aromatic N) is 1. The molecule has 0 spiro atoms. The maximum atomic E-state index is 13.1. The van der Waals surface area contributed by atoms with Gasteiger partial charge >= 0.3 is 12.3 Å². The normalized spacial score (nSPS) is 12.2. The molecule has 0 radical (unpaired) electrons. The summed E-state index contributed by atoms with van der Waals surface area (Å²) < 4.78 is 44.4. The van der Waals surface area contributed by atoms with Crippen molar-refractivity contribution in [1.29, 1.82) is 0 Å². The average Bonchev–Trinajstić information content (AvgIpc) is 2.41. The van der Waals surface area contributed by atoms with Crippen molar-refractivity contribution in [3.05, 3.63) is 23.8 Å². The van der Waals surface area contributed by atoms with E-state index in [4.69, 9.17) is 10.6 Å². The SMILES string of the molecule is CC(C)CNc1cc(N(N)C(=O)OC(C)(C)C)ccc1C(F)(F)F. The third kappa shape index (κ3) is 5.92. The third-order valence-corrected chi connectivity index (χ3v) is 2.88. The molecule has 0 aliphatic carbocycles. The highest BCUT2D eigenvalue weighted by Crippen LogP contribution is 2.37. The first-order valence-electron chi connectivity index (χ1n) is 7.54. The number of anilines is 2. The lowest BCUT2D eigenvalue weighted by molar-refractivity contribution is -0.136. The van der Waals surface area contributed by atoms with Gasteiger partial charge in [0.15, 0.2) is 0 Å². The number of carbonyl (C=O) groups is 1. The number of alkyl halides is 3. The van der Waals surface area contributed by atoms with Gasteiger partial charge in [-0.05, 0) is 44.9 Å². The molecule has 0 aromatic heterocycles. The molecule has 0 saturated carbocycles. The number of hydrogen-bond donors (Lipinski definition) is 2. The first kappa shape index (κ1) is 20.1. The molecule has 5 nitrogen and oxygen atoms in total. The molecule has 0 bridgehead atoms. The minimum Gasteiger partial charge on any atom is -0.442 e. The summed E-state index contributed by atoms with van der Waals surface area (Å²) in [4.78, 5) is 12.0. The van der Waals surface area contributed by atoms with Gasteiger partial charge in [-0.2, -0.15) is 13.2 Å². The maximum absolute atomic E-state index is 13.1. The molecule has 0 aliphatic rings. The summed E-state index contributed by atoms with van der Waals surface area (Å²) >= 11 is 0. The number of nitrogens with two attached hydrogens (primary N) is 1. The van der Waals surface area contributed by atoms with Crippen LogP contribution in [-0.4, -0.2) is 18.2 Å². The Bertz CT molecular complexity index is 581. The molecule has 1 amide bonds. The van der Waals surface area contributed by atoms with Crippen LogP contribution in [-0.2, 0) is 10.9 Å². The van der Waals surface area contributed by atoms with Crippen LogP contribution in [0.4, 0.5) is 29.3 Å². The smallest absolute Gasteiger partial charge is 0.429 e. The van der Waals surface area contributed by atoms with E-state index in [0.29, 0.717) is 11.6 Å². The summed E-state index contributed by atoms with van der Waals surface area (Å²) in [6, 6.07) is 3.21. The average molecular weight is 347 g/mol. The summed E-state index contributed by atoms with van der Waals surface area (Å²) in [5.74, 6) is 5.83. The van der Waals surface area contributed by atoms with Gasteiger partial charge in [0.2, 0.25) is 0 Å². The minimum absolute atomic E-state index is 0.100. The predicted octanol–water partition coefficient (Wildman–Crippen LogP) is 4.39. The van der Waals surface area contributed by atoms with E-state index in [9.17, 15) is 18.0 Å². The molecule has 136 valence electrons. The molecule has 0 fully saturated rings. The molecule has 1 rings (SSSR count). The van der Waals surface area contributed by atoms with E-state index < -0.39 is 23.4 Å². The lowest BCUT2D eigenvalue weighted by Gasteiger charge is -2.25. The number of benzene rings is 1. The number of nitrogens with one attached hydrogen (secondary N) is 1. The molecule has 3 N–H and O–H groups in total. The molecule has 8 heteroatoms. The van der Waals surface area contributed by atoms with E-state index in [1.54, 1.807) is 20.8 Å². The highest BCUT2D eigenvalue weighted by Gasteiger charge is 2.34. The zero-order chi connectivity index (χ0) is 18.7. The van der Waals surface area contributed by atoms with Gasteiger partial charge in [-0.15, -0.1) is 0 Å². The Kier molecular flexibility index (Phi) is 6.10. The van der Waals surface area contributed by atoms with Crippen LogP contribution >= 0.6 is 0 Å². The second-order valence-electron chi connectivity index (χ2n) is 6.85. The lowest BCUT2D eigenvalue weighted by Crippen LogP contribution is -2.41. The molecular formula is C16H24F3N3O2. The quantitative estimate of drug-likeness (QED) is 0.482. The van der Waals surface area contributed by atoms with E-state index in [2.05, 4.69) is 5.32 Å². The van der Waals surface area contributed by atoms with Crippen molar-refractivity contribution in [2.75, 3.05) is 16.9 Å². The fraction of sp³-hybridized carbons (Fsp3) is 0.562. The van der Waals surface area contributed by atoms with Crippen LogP contribution in [0.3, 0.4) is 0 Å². The predicted molar refractivity (Wildman–Crippen MR) is 87.7 cm³/mol. The zero-order valence-corrected chi connectivity index (χ0v) is 14.5. The Morgan fingerprint density at radius 2 is 1.88 bits per heavy atom. The highest BCUT2D eigenvalue weighted by atomic mass is 19.4. The Morgan fingerprint density at radius 3 is 2.33 bits per heavy atom. The van der Waals surface area contributed by atoms with Gasteiger partial charge in [0.1, 0.15) is 5.60 Å². The third-order valence-electron chi connectivity index (χ3n) is 2.88. The van der Waals surface area contributed by atoms with Crippen molar-refractivity contribution in [3.8, 4) is 0 Å². The number of carbonyl (C=O) groups excluding carboxylic acids is 1. The Morgan fingerprint density at radius 1 is 1.29 bits per heavy atom. The molecule has 1 aromatic rings. The number of amides is 1. The van der Waals surface area contributed by atoms with Crippen LogP contribution in [0.1, 0.15) is 40.2 Å². The molecule has 0 aliphatic heterocycles. The van der Waals surface area contributed by atoms with E-state index >= 15 is 0 Å². The van der Waals surface area contributed by atoms with E-state index in [-0.39, 0.29) is 17.3 Å². The zero-order valence-electron chi connectivity index (χ0n) is 14.5. The van der Waals surface area contributed by atoms with Crippen molar-refractivity contribution in [2.24, 2.45) is 11.8 Å². The number of halogens is 3.